The molecule has 5 heteroatoms. The molecule has 0 aliphatic heterocycles. The molecule has 3 aromatic carbocycles. The number of fused-ring (bicyclic) bond motifs is 1. The Balaban J connectivity index is 1.70. The van der Waals surface area contributed by atoms with Crippen LogP contribution >= 0.6 is 0 Å². The number of anilines is 1. The van der Waals surface area contributed by atoms with Crippen LogP contribution in [-0.4, -0.2) is 4.98 Å². The zero-order valence-electron chi connectivity index (χ0n) is 16.8. The summed E-state index contributed by atoms with van der Waals surface area (Å²) in [5.74, 6) is 1.86. The van der Waals surface area contributed by atoms with Crippen LogP contribution < -0.4 is 15.2 Å². The quantitative estimate of drug-likeness (QED) is 0.316. The van der Waals surface area contributed by atoms with Crippen molar-refractivity contribution in [2.24, 2.45) is 0 Å². The summed E-state index contributed by atoms with van der Waals surface area (Å²) in [6.45, 7) is 11.9. The molecule has 0 amide bonds. The first-order valence-electron chi connectivity index (χ1n) is 9.57. The molecule has 2 N–H and O–H groups in total. The van der Waals surface area contributed by atoms with Gasteiger partial charge in [-0.05, 0) is 60.9 Å². The lowest BCUT2D eigenvalue weighted by Crippen LogP contribution is -1.97. The van der Waals surface area contributed by atoms with Gasteiger partial charge in [0, 0.05) is 17.3 Å². The molecule has 0 radical (unpaired) electrons. The minimum atomic E-state index is 0.384. The van der Waals surface area contributed by atoms with E-state index in [2.05, 4.69) is 9.83 Å². The Morgan fingerprint density at radius 3 is 2.50 bits per heavy atom. The van der Waals surface area contributed by atoms with Crippen LogP contribution in [-0.2, 0) is 6.61 Å². The van der Waals surface area contributed by atoms with Gasteiger partial charge in [0.1, 0.15) is 23.9 Å². The third kappa shape index (κ3) is 3.76. The molecule has 4 aromatic rings. The number of nitrogens with zero attached hydrogens (tertiary/aromatic N) is 2. The average molecular weight is 395 g/mol. The summed E-state index contributed by atoms with van der Waals surface area (Å²) in [4.78, 5) is 8.10. The smallest absolute Gasteiger partial charge is 0.229 e. The Bertz CT molecular complexity index is 1260. The van der Waals surface area contributed by atoms with Crippen LogP contribution in [0.25, 0.3) is 15.7 Å². The number of hydrogen-bond donors (Lipinski definition) is 1. The van der Waals surface area contributed by atoms with Crippen LogP contribution in [0.1, 0.15) is 16.7 Å². The van der Waals surface area contributed by atoms with Crippen molar-refractivity contribution in [3.63, 3.8) is 0 Å². The van der Waals surface area contributed by atoms with E-state index in [1.165, 1.54) is 0 Å². The normalized spacial score (nSPS) is 10.6. The summed E-state index contributed by atoms with van der Waals surface area (Å²) >= 11 is 0. The van der Waals surface area contributed by atoms with Gasteiger partial charge < -0.3 is 15.2 Å². The molecule has 0 fully saturated rings. The molecule has 5 nitrogen and oxygen atoms in total. The number of nitrogen functional groups attached to an aromatic ring is 1. The van der Waals surface area contributed by atoms with Crippen molar-refractivity contribution in [3.8, 4) is 17.2 Å². The summed E-state index contributed by atoms with van der Waals surface area (Å²) in [5, 5.41) is 0.754. The number of aromatic nitrogens is 1. The van der Waals surface area contributed by atoms with Crippen LogP contribution in [0.2, 0.25) is 0 Å². The Hall–Kier alpha value is -4.04. The van der Waals surface area contributed by atoms with Crippen LogP contribution in [0.15, 0.2) is 66.9 Å². The molecular weight excluding hydrogens is 374 g/mol. The Morgan fingerprint density at radius 1 is 0.933 bits per heavy atom. The molecule has 0 aliphatic carbocycles. The Kier molecular flexibility index (Phi) is 5.23. The van der Waals surface area contributed by atoms with Crippen LogP contribution in [0, 0.1) is 20.4 Å². The van der Waals surface area contributed by atoms with Crippen LogP contribution in [0.3, 0.4) is 0 Å². The summed E-state index contributed by atoms with van der Waals surface area (Å²) in [5.41, 5.74) is 10.8. The molecule has 1 heterocycles. The third-order valence-electron chi connectivity index (χ3n) is 5.14. The van der Waals surface area contributed by atoms with Gasteiger partial charge in [-0.1, -0.05) is 30.3 Å². The second kappa shape index (κ2) is 8.14. The number of ether oxygens (including phenoxy) is 2. The van der Waals surface area contributed by atoms with Gasteiger partial charge in [-0.15, -0.1) is 0 Å². The fourth-order valence-corrected chi connectivity index (χ4v) is 3.21. The molecule has 0 atom stereocenters. The fourth-order valence-electron chi connectivity index (χ4n) is 3.21. The topological polar surface area (TPSA) is 61.7 Å². The Labute approximate surface area is 175 Å². The van der Waals surface area contributed by atoms with E-state index in [1.807, 2.05) is 56.3 Å². The molecule has 148 valence electrons. The molecule has 1 aromatic heterocycles. The van der Waals surface area contributed by atoms with E-state index < -0.39 is 0 Å². The summed E-state index contributed by atoms with van der Waals surface area (Å²) in [7, 11) is 0. The molecule has 0 saturated heterocycles. The van der Waals surface area contributed by atoms with E-state index in [4.69, 9.17) is 21.8 Å². The first-order valence-corrected chi connectivity index (χ1v) is 9.57. The maximum Gasteiger partial charge on any atom is 0.229 e. The lowest BCUT2D eigenvalue weighted by Gasteiger charge is -2.15. The van der Waals surface area contributed by atoms with Gasteiger partial charge in [-0.3, -0.25) is 4.98 Å². The molecule has 0 saturated carbocycles. The average Bonchev–Trinajstić information content (AvgIpc) is 2.78. The van der Waals surface area contributed by atoms with Crippen molar-refractivity contribution in [1.82, 2.24) is 4.98 Å². The predicted molar refractivity (Wildman–Crippen MR) is 119 cm³/mol. The van der Waals surface area contributed by atoms with Crippen molar-refractivity contribution in [3.05, 3.63) is 95.0 Å². The van der Waals surface area contributed by atoms with E-state index in [9.17, 15) is 0 Å². The molecule has 30 heavy (non-hydrogen) atoms. The van der Waals surface area contributed by atoms with Crippen molar-refractivity contribution < 1.29 is 9.47 Å². The maximum absolute atomic E-state index is 7.59. The van der Waals surface area contributed by atoms with Crippen molar-refractivity contribution >= 4 is 22.3 Å². The zero-order chi connectivity index (χ0) is 21.1. The Morgan fingerprint density at radius 2 is 1.73 bits per heavy atom. The van der Waals surface area contributed by atoms with Crippen LogP contribution in [0.4, 0.5) is 11.4 Å². The van der Waals surface area contributed by atoms with E-state index >= 15 is 0 Å². The summed E-state index contributed by atoms with van der Waals surface area (Å²) < 4.78 is 12.1. The minimum Gasteiger partial charge on any atom is -0.500 e. The fraction of sp³-hybridized carbons (Fsp3) is 0.120. The number of rotatable bonds is 5. The molecule has 4 rings (SSSR count). The number of benzene rings is 3. The van der Waals surface area contributed by atoms with Gasteiger partial charge in [0.2, 0.25) is 5.69 Å². The molecular formula is C25H21N3O2. The largest absolute Gasteiger partial charge is 0.500 e. The second-order valence-corrected chi connectivity index (χ2v) is 7.04. The zero-order valence-corrected chi connectivity index (χ0v) is 16.8. The summed E-state index contributed by atoms with van der Waals surface area (Å²) in [6, 6.07) is 18.9. The van der Waals surface area contributed by atoms with E-state index in [1.54, 1.807) is 24.4 Å². The van der Waals surface area contributed by atoms with Crippen molar-refractivity contribution in [1.29, 1.82) is 0 Å². The highest BCUT2D eigenvalue weighted by molar-refractivity contribution is 5.91. The highest BCUT2D eigenvalue weighted by Gasteiger charge is 2.13. The van der Waals surface area contributed by atoms with Gasteiger partial charge in [0.15, 0.2) is 0 Å². The highest BCUT2D eigenvalue weighted by Crippen LogP contribution is 2.38. The van der Waals surface area contributed by atoms with Gasteiger partial charge >= 0.3 is 0 Å². The monoisotopic (exact) mass is 395 g/mol. The SMILES string of the molecule is [C-]#[N+]c1cc2c(Oc3ccc(N)c(C)c3C)ccnc2cc1OCc1ccccc1. The van der Waals surface area contributed by atoms with E-state index in [0.29, 0.717) is 29.3 Å². The molecule has 0 spiro atoms. The lowest BCUT2D eigenvalue weighted by atomic mass is 10.1. The van der Waals surface area contributed by atoms with E-state index in [-0.39, 0.29) is 0 Å². The molecule has 0 unspecified atom stereocenters. The first kappa shape index (κ1) is 19.3. The lowest BCUT2D eigenvalue weighted by molar-refractivity contribution is 0.308. The molecule has 0 bridgehead atoms. The number of nitrogens with two attached hydrogens (primary N) is 1. The number of hydrogen-bond acceptors (Lipinski definition) is 4. The minimum absolute atomic E-state index is 0.384. The summed E-state index contributed by atoms with van der Waals surface area (Å²) in [6.07, 6.45) is 1.69. The standard InChI is InChI=1S/C25H21N3O2/c1-16-17(2)23(10-9-20(16)26)30-24-11-12-28-21-14-25(22(27-3)13-19(21)24)29-15-18-7-5-4-6-8-18/h4-14H,15,26H2,1-2H3. The van der Waals surface area contributed by atoms with Crippen molar-refractivity contribution in [2.45, 2.75) is 20.5 Å². The third-order valence-corrected chi connectivity index (χ3v) is 5.14. The van der Waals surface area contributed by atoms with Gasteiger partial charge in [0.05, 0.1) is 12.1 Å². The van der Waals surface area contributed by atoms with Gasteiger partial charge in [0.25, 0.3) is 0 Å². The highest BCUT2D eigenvalue weighted by atomic mass is 16.5. The second-order valence-electron chi connectivity index (χ2n) is 7.04. The predicted octanol–water partition coefficient (Wildman–Crippen LogP) is 6.36. The maximum atomic E-state index is 7.59. The van der Waals surface area contributed by atoms with Gasteiger partial charge in [-0.2, -0.15) is 0 Å². The molecule has 0 aliphatic rings. The first-order chi connectivity index (χ1) is 14.6. The number of pyridine rings is 1. The van der Waals surface area contributed by atoms with Crippen LogP contribution in [0.5, 0.6) is 17.2 Å². The van der Waals surface area contributed by atoms with Gasteiger partial charge in [-0.25, -0.2) is 4.85 Å². The van der Waals surface area contributed by atoms with E-state index in [0.717, 1.165) is 33.5 Å². The van der Waals surface area contributed by atoms with Crippen molar-refractivity contribution in [2.75, 3.05) is 5.73 Å².